The average Bonchev–Trinajstić information content (AvgIpc) is 2.72. The van der Waals surface area contributed by atoms with Crippen LogP contribution >= 0.6 is 11.8 Å². The van der Waals surface area contributed by atoms with Gasteiger partial charge in [0.25, 0.3) is 0 Å². The second-order valence-electron chi connectivity index (χ2n) is 5.38. The summed E-state index contributed by atoms with van der Waals surface area (Å²) in [5, 5.41) is 0. The molecule has 0 unspecified atom stereocenters. The van der Waals surface area contributed by atoms with E-state index < -0.39 is 0 Å². The number of amides is 1. The van der Waals surface area contributed by atoms with Crippen LogP contribution in [0.5, 0.6) is 0 Å². The molecule has 0 aliphatic carbocycles. The molecule has 2 nitrogen and oxygen atoms in total. The highest BCUT2D eigenvalue weighted by atomic mass is 32.2. The van der Waals surface area contributed by atoms with E-state index >= 15 is 0 Å². The monoisotopic (exact) mass is 297 g/mol. The van der Waals surface area contributed by atoms with Gasteiger partial charge in [0.15, 0.2) is 0 Å². The molecule has 108 valence electrons. The fourth-order valence-electron chi connectivity index (χ4n) is 2.56. The molecule has 2 aromatic carbocycles. The molecule has 1 aliphatic rings. The molecular weight excluding hydrogens is 278 g/mol. The quantitative estimate of drug-likeness (QED) is 0.833. The molecule has 0 N–H and O–H groups in total. The van der Waals surface area contributed by atoms with Crippen LogP contribution in [0.4, 0.5) is 5.69 Å². The molecule has 21 heavy (non-hydrogen) atoms. The first-order valence-corrected chi connectivity index (χ1v) is 8.30. The number of aryl methyl sites for hydroxylation is 1. The van der Waals surface area contributed by atoms with Crippen molar-refractivity contribution in [3.8, 4) is 0 Å². The van der Waals surface area contributed by atoms with Gasteiger partial charge in [-0.2, -0.15) is 0 Å². The lowest BCUT2D eigenvalue weighted by atomic mass is 10.1. The van der Waals surface area contributed by atoms with Crippen LogP contribution in [-0.2, 0) is 11.2 Å². The van der Waals surface area contributed by atoms with Gasteiger partial charge >= 0.3 is 0 Å². The zero-order valence-corrected chi connectivity index (χ0v) is 13.0. The minimum absolute atomic E-state index is 0.189. The molecule has 3 rings (SSSR count). The Bertz CT molecular complexity index is 636. The Kier molecular flexibility index (Phi) is 4.30. The van der Waals surface area contributed by atoms with Crippen molar-refractivity contribution < 1.29 is 4.79 Å². The number of carbonyl (C=O) groups excluding carboxylic acids is 1. The van der Waals surface area contributed by atoms with E-state index in [0.29, 0.717) is 6.42 Å². The maximum absolute atomic E-state index is 12.7. The summed E-state index contributed by atoms with van der Waals surface area (Å²) in [6.07, 6.45) is 1.51. The van der Waals surface area contributed by atoms with Crippen molar-refractivity contribution >= 4 is 23.4 Å². The first-order valence-electron chi connectivity index (χ1n) is 7.32. The van der Waals surface area contributed by atoms with Crippen LogP contribution in [0.2, 0.25) is 0 Å². The molecule has 0 atom stereocenters. The summed E-state index contributed by atoms with van der Waals surface area (Å²) >= 11 is 1.85. The Morgan fingerprint density at radius 3 is 2.71 bits per heavy atom. The van der Waals surface area contributed by atoms with E-state index in [1.54, 1.807) is 0 Å². The maximum Gasteiger partial charge on any atom is 0.231 e. The summed E-state index contributed by atoms with van der Waals surface area (Å²) in [4.78, 5) is 15.9. The van der Waals surface area contributed by atoms with Crippen LogP contribution in [0.3, 0.4) is 0 Å². The van der Waals surface area contributed by atoms with Gasteiger partial charge in [-0.05, 0) is 36.8 Å². The van der Waals surface area contributed by atoms with Crippen LogP contribution < -0.4 is 4.90 Å². The van der Waals surface area contributed by atoms with Gasteiger partial charge in [-0.25, -0.2) is 0 Å². The molecule has 0 aromatic heterocycles. The highest BCUT2D eigenvalue weighted by molar-refractivity contribution is 7.99. The van der Waals surface area contributed by atoms with Crippen LogP contribution in [0, 0.1) is 6.92 Å². The third kappa shape index (κ3) is 3.30. The second-order valence-corrected chi connectivity index (χ2v) is 6.51. The molecule has 3 heteroatoms. The van der Waals surface area contributed by atoms with Crippen molar-refractivity contribution in [3.63, 3.8) is 0 Å². The predicted molar refractivity (Wildman–Crippen MR) is 89.0 cm³/mol. The normalized spacial score (nSPS) is 14.4. The highest BCUT2D eigenvalue weighted by Crippen LogP contribution is 2.33. The van der Waals surface area contributed by atoms with Crippen molar-refractivity contribution in [2.24, 2.45) is 0 Å². The molecule has 0 saturated carbocycles. The van der Waals surface area contributed by atoms with E-state index in [2.05, 4.69) is 31.2 Å². The van der Waals surface area contributed by atoms with Crippen molar-refractivity contribution in [2.45, 2.75) is 24.7 Å². The molecule has 1 amide bonds. The van der Waals surface area contributed by atoms with Gasteiger partial charge in [0, 0.05) is 11.4 Å². The number of para-hydroxylation sites is 1. The molecular formula is C18H19NOS. The lowest BCUT2D eigenvalue weighted by molar-refractivity contribution is -0.118. The Labute approximate surface area is 130 Å². The number of benzene rings is 2. The van der Waals surface area contributed by atoms with E-state index in [1.807, 2.05) is 40.9 Å². The lowest BCUT2D eigenvalue weighted by Gasteiger charge is -2.22. The number of nitrogens with zero attached hydrogens (tertiary/aromatic N) is 1. The van der Waals surface area contributed by atoms with E-state index in [0.717, 1.165) is 30.0 Å². The van der Waals surface area contributed by atoms with Gasteiger partial charge in [0.2, 0.25) is 5.91 Å². The third-order valence-corrected chi connectivity index (χ3v) is 4.87. The van der Waals surface area contributed by atoms with Gasteiger partial charge in [0.1, 0.15) is 0 Å². The SMILES string of the molecule is Cc1ccc(CC(=O)N2CCCSc3ccccc32)cc1. The highest BCUT2D eigenvalue weighted by Gasteiger charge is 2.21. The summed E-state index contributed by atoms with van der Waals surface area (Å²) in [6.45, 7) is 2.88. The zero-order chi connectivity index (χ0) is 14.7. The molecule has 0 spiro atoms. The maximum atomic E-state index is 12.7. The van der Waals surface area contributed by atoms with Crippen molar-refractivity contribution in [3.05, 3.63) is 59.7 Å². The largest absolute Gasteiger partial charge is 0.311 e. The fraction of sp³-hybridized carbons (Fsp3) is 0.278. The Morgan fingerprint density at radius 2 is 1.90 bits per heavy atom. The first kappa shape index (κ1) is 14.2. The van der Waals surface area contributed by atoms with Gasteiger partial charge in [-0.15, -0.1) is 11.8 Å². The smallest absolute Gasteiger partial charge is 0.231 e. The summed E-state index contributed by atoms with van der Waals surface area (Å²) in [5.41, 5.74) is 3.37. The van der Waals surface area contributed by atoms with Crippen LogP contribution in [0.15, 0.2) is 53.4 Å². The number of thioether (sulfide) groups is 1. The Balaban J connectivity index is 1.82. The van der Waals surface area contributed by atoms with E-state index in [-0.39, 0.29) is 5.91 Å². The summed E-state index contributed by atoms with van der Waals surface area (Å²) in [6, 6.07) is 16.4. The number of hydrogen-bond donors (Lipinski definition) is 0. The Morgan fingerprint density at radius 1 is 1.14 bits per heavy atom. The second kappa shape index (κ2) is 6.35. The summed E-state index contributed by atoms with van der Waals surface area (Å²) < 4.78 is 0. The predicted octanol–water partition coefficient (Wildman–Crippen LogP) is 4.07. The summed E-state index contributed by atoms with van der Waals surface area (Å²) in [5.74, 6) is 1.26. The fourth-order valence-corrected chi connectivity index (χ4v) is 3.56. The van der Waals surface area contributed by atoms with E-state index in [1.165, 1.54) is 10.5 Å². The van der Waals surface area contributed by atoms with Crippen LogP contribution in [0.25, 0.3) is 0 Å². The molecule has 2 aromatic rings. The number of hydrogen-bond acceptors (Lipinski definition) is 2. The standard InChI is InChI=1S/C18H19NOS/c1-14-7-9-15(10-8-14)13-18(20)19-11-4-12-21-17-6-3-2-5-16(17)19/h2-3,5-10H,4,11-13H2,1H3. The average molecular weight is 297 g/mol. The molecule has 1 aliphatic heterocycles. The van der Waals surface area contributed by atoms with Gasteiger partial charge < -0.3 is 4.90 Å². The first-order chi connectivity index (χ1) is 10.2. The number of fused-ring (bicyclic) bond motifs is 1. The summed E-state index contributed by atoms with van der Waals surface area (Å²) in [7, 11) is 0. The number of carbonyl (C=O) groups is 1. The molecule has 0 saturated heterocycles. The minimum atomic E-state index is 0.189. The molecule has 0 fully saturated rings. The molecule has 0 bridgehead atoms. The van der Waals surface area contributed by atoms with Gasteiger partial charge in [0.05, 0.1) is 12.1 Å². The third-order valence-electron chi connectivity index (χ3n) is 3.72. The van der Waals surface area contributed by atoms with Crippen molar-refractivity contribution in [2.75, 3.05) is 17.2 Å². The minimum Gasteiger partial charge on any atom is -0.311 e. The van der Waals surface area contributed by atoms with Crippen LogP contribution in [0.1, 0.15) is 17.5 Å². The van der Waals surface area contributed by atoms with Crippen molar-refractivity contribution in [1.82, 2.24) is 0 Å². The van der Waals surface area contributed by atoms with Crippen molar-refractivity contribution in [1.29, 1.82) is 0 Å². The topological polar surface area (TPSA) is 20.3 Å². The number of rotatable bonds is 2. The molecule has 1 heterocycles. The number of anilines is 1. The van der Waals surface area contributed by atoms with E-state index in [4.69, 9.17) is 0 Å². The van der Waals surface area contributed by atoms with E-state index in [9.17, 15) is 4.79 Å². The van der Waals surface area contributed by atoms with Crippen LogP contribution in [-0.4, -0.2) is 18.2 Å². The molecule has 0 radical (unpaired) electrons. The zero-order valence-electron chi connectivity index (χ0n) is 12.2. The Hall–Kier alpha value is -1.74. The van der Waals surface area contributed by atoms with Gasteiger partial charge in [-0.3, -0.25) is 4.79 Å². The lowest BCUT2D eigenvalue weighted by Crippen LogP contribution is -2.33. The van der Waals surface area contributed by atoms with Gasteiger partial charge in [-0.1, -0.05) is 42.0 Å².